The third-order valence-electron chi connectivity index (χ3n) is 6.90. The Morgan fingerprint density at radius 2 is 1.63 bits per heavy atom. The monoisotopic (exact) mass is 473 g/mol. The lowest BCUT2D eigenvalue weighted by Crippen LogP contribution is -2.48. The van der Waals surface area contributed by atoms with Crippen LogP contribution in [0.4, 0.5) is 0 Å². The van der Waals surface area contributed by atoms with Crippen LogP contribution in [0.5, 0.6) is 0 Å². The molecule has 4 rings (SSSR count). The number of carbonyl (C=O) groups excluding carboxylic acids is 1. The minimum atomic E-state index is -3.46. The molecule has 3 fully saturated rings. The van der Waals surface area contributed by atoms with E-state index < -0.39 is 10.0 Å². The van der Waals surface area contributed by atoms with E-state index in [0.29, 0.717) is 34.1 Å². The molecule has 1 aromatic heterocycles. The third kappa shape index (κ3) is 5.21. The van der Waals surface area contributed by atoms with Crippen molar-refractivity contribution in [3.63, 3.8) is 0 Å². The van der Waals surface area contributed by atoms with Crippen LogP contribution < -0.4 is 0 Å². The van der Waals surface area contributed by atoms with Gasteiger partial charge in [0.05, 0.1) is 4.34 Å². The normalized spacial score (nSPS) is 23.7. The first-order chi connectivity index (χ1) is 14.4. The molecule has 0 unspecified atom stereocenters. The number of piperidine rings is 3. The first-order valence-electron chi connectivity index (χ1n) is 11.2. The molecule has 30 heavy (non-hydrogen) atoms. The third-order valence-corrected chi connectivity index (χ3v) is 10.5. The number of nitrogens with zero attached hydrogens (tertiary/aromatic N) is 3. The summed E-state index contributed by atoms with van der Waals surface area (Å²) in [6.45, 7) is 5.13. The van der Waals surface area contributed by atoms with Gasteiger partial charge >= 0.3 is 0 Å². The lowest BCUT2D eigenvalue weighted by Gasteiger charge is -2.40. The van der Waals surface area contributed by atoms with Crippen molar-refractivity contribution in [2.45, 2.75) is 61.6 Å². The van der Waals surface area contributed by atoms with Crippen LogP contribution in [0.3, 0.4) is 0 Å². The fourth-order valence-electron chi connectivity index (χ4n) is 5.06. The van der Waals surface area contributed by atoms with Gasteiger partial charge < -0.3 is 9.80 Å². The van der Waals surface area contributed by atoms with Gasteiger partial charge in [0.2, 0.25) is 5.91 Å². The molecule has 0 spiro atoms. The molecule has 0 aliphatic carbocycles. The number of thiophene rings is 1. The van der Waals surface area contributed by atoms with Crippen LogP contribution >= 0.6 is 22.9 Å². The van der Waals surface area contributed by atoms with Gasteiger partial charge in [0.15, 0.2) is 0 Å². The fraction of sp³-hybridized carbons (Fsp3) is 0.762. The van der Waals surface area contributed by atoms with Gasteiger partial charge in [0.1, 0.15) is 4.21 Å². The predicted molar refractivity (Wildman–Crippen MR) is 120 cm³/mol. The standard InChI is InChI=1S/C21H32ClN3O3S2/c22-19-4-5-21(29-19)30(27,28)25-14-6-17(7-15-25)16-20(26)24-12-8-18(9-13-24)23-10-2-1-3-11-23/h4-5,17-18H,1-3,6-16H2. The molecule has 0 radical (unpaired) electrons. The number of amides is 1. The molecule has 0 atom stereocenters. The second kappa shape index (κ2) is 9.86. The predicted octanol–water partition coefficient (Wildman–Crippen LogP) is 3.67. The van der Waals surface area contributed by atoms with E-state index in [2.05, 4.69) is 4.90 Å². The van der Waals surface area contributed by atoms with E-state index >= 15 is 0 Å². The largest absolute Gasteiger partial charge is 0.343 e. The van der Waals surface area contributed by atoms with Crippen molar-refractivity contribution < 1.29 is 13.2 Å². The van der Waals surface area contributed by atoms with Crippen molar-refractivity contribution in [1.82, 2.24) is 14.1 Å². The van der Waals surface area contributed by atoms with E-state index in [1.807, 2.05) is 4.90 Å². The Labute approximate surface area is 189 Å². The average Bonchev–Trinajstić information content (AvgIpc) is 3.22. The van der Waals surface area contributed by atoms with Crippen LogP contribution in [-0.4, -0.2) is 73.7 Å². The van der Waals surface area contributed by atoms with E-state index in [0.717, 1.165) is 50.1 Å². The second-order valence-electron chi connectivity index (χ2n) is 8.82. The van der Waals surface area contributed by atoms with Crippen LogP contribution in [-0.2, 0) is 14.8 Å². The minimum Gasteiger partial charge on any atom is -0.343 e. The molecule has 3 saturated heterocycles. The van der Waals surface area contributed by atoms with Crippen LogP contribution in [0.25, 0.3) is 0 Å². The Balaban J connectivity index is 1.22. The zero-order valence-corrected chi connectivity index (χ0v) is 19.9. The van der Waals surface area contributed by atoms with Gasteiger partial charge in [0.25, 0.3) is 10.0 Å². The summed E-state index contributed by atoms with van der Waals surface area (Å²) in [5.41, 5.74) is 0. The maximum absolute atomic E-state index is 12.8. The Bertz CT molecular complexity index is 822. The summed E-state index contributed by atoms with van der Waals surface area (Å²) in [4.78, 5) is 17.5. The maximum atomic E-state index is 12.8. The molecule has 0 N–H and O–H groups in total. The number of hydrogen-bond donors (Lipinski definition) is 0. The van der Waals surface area contributed by atoms with Crippen molar-refractivity contribution in [2.75, 3.05) is 39.3 Å². The van der Waals surface area contributed by atoms with Crippen LogP contribution in [0.2, 0.25) is 4.34 Å². The number of likely N-dealkylation sites (tertiary alicyclic amines) is 2. The number of hydrogen-bond acceptors (Lipinski definition) is 5. The van der Waals surface area contributed by atoms with E-state index in [4.69, 9.17) is 11.6 Å². The summed E-state index contributed by atoms with van der Waals surface area (Å²) in [5.74, 6) is 0.522. The molecule has 0 bridgehead atoms. The fourth-order valence-corrected chi connectivity index (χ4v) is 8.16. The topological polar surface area (TPSA) is 60.9 Å². The number of rotatable bonds is 5. The van der Waals surface area contributed by atoms with E-state index in [1.54, 1.807) is 16.4 Å². The van der Waals surface area contributed by atoms with Crippen LogP contribution in [0.1, 0.15) is 51.4 Å². The van der Waals surface area contributed by atoms with Crippen molar-refractivity contribution in [1.29, 1.82) is 0 Å². The highest BCUT2D eigenvalue weighted by molar-refractivity contribution is 7.91. The average molecular weight is 474 g/mol. The highest BCUT2D eigenvalue weighted by Crippen LogP contribution is 2.31. The lowest BCUT2D eigenvalue weighted by molar-refractivity contribution is -0.134. The smallest absolute Gasteiger partial charge is 0.252 e. The molecule has 3 aliphatic heterocycles. The van der Waals surface area contributed by atoms with E-state index in [9.17, 15) is 13.2 Å². The molecule has 3 aliphatic rings. The molecule has 4 heterocycles. The molecule has 1 amide bonds. The van der Waals surface area contributed by atoms with Gasteiger partial charge in [-0.1, -0.05) is 18.0 Å². The summed E-state index contributed by atoms with van der Waals surface area (Å²) < 4.78 is 27.8. The summed E-state index contributed by atoms with van der Waals surface area (Å²) in [6, 6.07) is 3.85. The number of sulfonamides is 1. The molecule has 6 nitrogen and oxygen atoms in total. The molecular weight excluding hydrogens is 442 g/mol. The van der Waals surface area contributed by atoms with Gasteiger partial charge in [-0.2, -0.15) is 4.31 Å². The van der Waals surface area contributed by atoms with Gasteiger partial charge in [-0.15, -0.1) is 11.3 Å². The first kappa shape index (κ1) is 22.5. The van der Waals surface area contributed by atoms with Gasteiger partial charge in [0, 0.05) is 38.6 Å². The van der Waals surface area contributed by atoms with Crippen LogP contribution in [0, 0.1) is 5.92 Å². The lowest BCUT2D eigenvalue weighted by atomic mass is 9.93. The summed E-state index contributed by atoms with van der Waals surface area (Å²) in [5, 5.41) is 0. The zero-order valence-electron chi connectivity index (χ0n) is 17.5. The second-order valence-corrected chi connectivity index (χ2v) is 12.7. The highest BCUT2D eigenvalue weighted by Gasteiger charge is 2.33. The minimum absolute atomic E-state index is 0.249. The first-order valence-corrected chi connectivity index (χ1v) is 13.8. The number of carbonyl (C=O) groups is 1. The summed E-state index contributed by atoms with van der Waals surface area (Å²) in [6.07, 6.45) is 8.20. The molecule has 0 aromatic carbocycles. The molecular formula is C21H32ClN3O3S2. The van der Waals surface area contributed by atoms with Crippen molar-refractivity contribution >= 4 is 38.9 Å². The van der Waals surface area contributed by atoms with Crippen molar-refractivity contribution in [3.8, 4) is 0 Å². The maximum Gasteiger partial charge on any atom is 0.252 e. The Kier molecular flexibility index (Phi) is 7.40. The van der Waals surface area contributed by atoms with Crippen molar-refractivity contribution in [2.24, 2.45) is 5.92 Å². The Morgan fingerprint density at radius 3 is 2.23 bits per heavy atom. The van der Waals surface area contributed by atoms with E-state index in [-0.39, 0.29) is 11.8 Å². The van der Waals surface area contributed by atoms with E-state index in [1.165, 1.54) is 32.4 Å². The number of halogens is 1. The zero-order chi connectivity index (χ0) is 21.1. The van der Waals surface area contributed by atoms with Gasteiger partial charge in [-0.3, -0.25) is 4.79 Å². The van der Waals surface area contributed by atoms with Gasteiger partial charge in [-0.25, -0.2) is 8.42 Å². The van der Waals surface area contributed by atoms with Crippen molar-refractivity contribution in [3.05, 3.63) is 16.5 Å². The quantitative estimate of drug-likeness (QED) is 0.654. The molecule has 1 aromatic rings. The molecule has 9 heteroatoms. The Morgan fingerprint density at radius 1 is 0.967 bits per heavy atom. The molecule has 0 saturated carbocycles. The molecule has 168 valence electrons. The Hall–Kier alpha value is -0.670. The summed E-state index contributed by atoms with van der Waals surface area (Å²) >= 11 is 7.00. The van der Waals surface area contributed by atoms with Gasteiger partial charge in [-0.05, 0) is 69.7 Å². The SMILES string of the molecule is O=C(CC1CCN(S(=O)(=O)c2ccc(Cl)s2)CC1)N1CCC(N2CCCCC2)CC1. The highest BCUT2D eigenvalue weighted by atomic mass is 35.5. The summed E-state index contributed by atoms with van der Waals surface area (Å²) in [7, 11) is -3.46. The van der Waals surface area contributed by atoms with Crippen LogP contribution in [0.15, 0.2) is 16.3 Å².